The third-order valence-electron chi connectivity index (χ3n) is 5.66. The molecule has 0 N–H and O–H groups in total. The Labute approximate surface area is 157 Å². The molecule has 5 heteroatoms. The zero-order valence-electron chi connectivity index (χ0n) is 16.5. The summed E-state index contributed by atoms with van der Waals surface area (Å²) < 4.78 is 10.8. The fraction of sp³-hybridized carbons (Fsp3) is 0.667. The van der Waals surface area contributed by atoms with Gasteiger partial charge in [0.25, 0.3) is 0 Å². The molecule has 2 aliphatic heterocycles. The fourth-order valence-electron chi connectivity index (χ4n) is 4.37. The number of rotatable bonds is 6. The van der Waals surface area contributed by atoms with E-state index in [-0.39, 0.29) is 0 Å². The van der Waals surface area contributed by atoms with Crippen molar-refractivity contribution < 1.29 is 14.3 Å². The van der Waals surface area contributed by atoms with Gasteiger partial charge < -0.3 is 14.4 Å². The number of amides is 1. The molecule has 1 amide bonds. The molecule has 0 saturated carbocycles. The predicted molar refractivity (Wildman–Crippen MR) is 103 cm³/mol. The molecule has 0 aromatic heterocycles. The van der Waals surface area contributed by atoms with E-state index in [0.29, 0.717) is 30.2 Å². The van der Waals surface area contributed by atoms with Crippen molar-refractivity contribution in [3.8, 4) is 11.5 Å². The Hall–Kier alpha value is -1.75. The SMILES string of the molecule is COc1ccc(CN2CCC[C@@H]3CN(C(=O)CC(C)C)C[C@@H]32)cc1OC. The van der Waals surface area contributed by atoms with Gasteiger partial charge in [0.1, 0.15) is 0 Å². The van der Waals surface area contributed by atoms with Crippen molar-refractivity contribution in [2.75, 3.05) is 33.9 Å². The maximum Gasteiger partial charge on any atom is 0.222 e. The average molecular weight is 360 g/mol. The first-order valence-corrected chi connectivity index (χ1v) is 9.74. The molecular weight excluding hydrogens is 328 g/mol. The van der Waals surface area contributed by atoms with Crippen molar-refractivity contribution in [3.63, 3.8) is 0 Å². The van der Waals surface area contributed by atoms with E-state index in [1.165, 1.54) is 18.4 Å². The van der Waals surface area contributed by atoms with Gasteiger partial charge in [-0.3, -0.25) is 9.69 Å². The van der Waals surface area contributed by atoms with Crippen LogP contribution in [0.2, 0.25) is 0 Å². The number of likely N-dealkylation sites (tertiary alicyclic amines) is 2. The summed E-state index contributed by atoms with van der Waals surface area (Å²) in [5.74, 6) is 2.89. The molecule has 1 aromatic carbocycles. The smallest absolute Gasteiger partial charge is 0.222 e. The lowest BCUT2D eigenvalue weighted by Crippen LogP contribution is -2.44. The van der Waals surface area contributed by atoms with E-state index >= 15 is 0 Å². The van der Waals surface area contributed by atoms with Gasteiger partial charge in [-0.1, -0.05) is 19.9 Å². The van der Waals surface area contributed by atoms with Gasteiger partial charge >= 0.3 is 0 Å². The van der Waals surface area contributed by atoms with Crippen molar-refractivity contribution in [1.29, 1.82) is 0 Å². The van der Waals surface area contributed by atoms with Crippen LogP contribution in [-0.2, 0) is 11.3 Å². The lowest BCUT2D eigenvalue weighted by molar-refractivity contribution is -0.131. The van der Waals surface area contributed by atoms with Crippen LogP contribution < -0.4 is 9.47 Å². The second-order valence-electron chi connectivity index (χ2n) is 8.03. The predicted octanol–water partition coefficient (Wildman–Crippen LogP) is 3.17. The largest absolute Gasteiger partial charge is 0.493 e. The molecule has 0 bridgehead atoms. The number of hydrogen-bond donors (Lipinski definition) is 0. The number of piperidine rings is 1. The van der Waals surface area contributed by atoms with Gasteiger partial charge in [0.2, 0.25) is 5.91 Å². The second kappa shape index (κ2) is 8.30. The number of carbonyl (C=O) groups excluding carboxylic acids is 1. The Morgan fingerprint density at radius 1 is 1.19 bits per heavy atom. The molecule has 3 rings (SSSR count). The first kappa shape index (κ1) is 19.0. The van der Waals surface area contributed by atoms with Gasteiger partial charge in [0, 0.05) is 32.1 Å². The highest BCUT2D eigenvalue weighted by Crippen LogP contribution is 2.34. The summed E-state index contributed by atoms with van der Waals surface area (Å²) in [4.78, 5) is 17.1. The van der Waals surface area contributed by atoms with Crippen molar-refractivity contribution in [2.24, 2.45) is 11.8 Å². The van der Waals surface area contributed by atoms with Gasteiger partial charge in [-0.15, -0.1) is 0 Å². The molecule has 2 fully saturated rings. The quantitative estimate of drug-likeness (QED) is 0.781. The molecule has 26 heavy (non-hydrogen) atoms. The number of methoxy groups -OCH3 is 2. The number of carbonyl (C=O) groups is 1. The normalized spacial score (nSPS) is 23.2. The van der Waals surface area contributed by atoms with Gasteiger partial charge in [0.15, 0.2) is 11.5 Å². The Morgan fingerprint density at radius 2 is 1.96 bits per heavy atom. The van der Waals surface area contributed by atoms with Crippen molar-refractivity contribution in [3.05, 3.63) is 23.8 Å². The number of hydrogen-bond acceptors (Lipinski definition) is 4. The van der Waals surface area contributed by atoms with Gasteiger partial charge in [-0.25, -0.2) is 0 Å². The maximum atomic E-state index is 12.5. The molecule has 0 unspecified atom stereocenters. The van der Waals surface area contributed by atoms with Crippen LogP contribution >= 0.6 is 0 Å². The molecule has 0 radical (unpaired) electrons. The molecular formula is C21H32N2O3. The number of ether oxygens (including phenoxy) is 2. The molecule has 2 atom stereocenters. The topological polar surface area (TPSA) is 42.0 Å². The third-order valence-corrected chi connectivity index (χ3v) is 5.66. The Morgan fingerprint density at radius 3 is 2.65 bits per heavy atom. The molecule has 1 aromatic rings. The minimum Gasteiger partial charge on any atom is -0.493 e. The van der Waals surface area contributed by atoms with Crippen molar-refractivity contribution in [1.82, 2.24) is 9.80 Å². The van der Waals surface area contributed by atoms with Crippen molar-refractivity contribution in [2.45, 2.75) is 45.7 Å². The first-order valence-electron chi connectivity index (χ1n) is 9.74. The van der Waals surface area contributed by atoms with E-state index in [0.717, 1.165) is 37.7 Å². The summed E-state index contributed by atoms with van der Waals surface area (Å²) in [5, 5.41) is 0. The monoisotopic (exact) mass is 360 g/mol. The molecule has 2 aliphatic rings. The Balaban J connectivity index is 1.68. The van der Waals surface area contributed by atoms with Crippen LogP contribution in [0.1, 0.15) is 38.7 Å². The van der Waals surface area contributed by atoms with Crippen LogP contribution in [-0.4, -0.2) is 55.6 Å². The van der Waals surface area contributed by atoms with E-state index in [1.54, 1.807) is 14.2 Å². The van der Waals surface area contributed by atoms with Crippen molar-refractivity contribution >= 4 is 5.91 Å². The van der Waals surface area contributed by atoms with Crippen LogP contribution in [0.3, 0.4) is 0 Å². The van der Waals surface area contributed by atoms with Crippen LogP contribution in [0.25, 0.3) is 0 Å². The fourth-order valence-corrected chi connectivity index (χ4v) is 4.37. The zero-order valence-corrected chi connectivity index (χ0v) is 16.5. The van der Waals surface area contributed by atoms with Crippen LogP contribution in [0.4, 0.5) is 0 Å². The summed E-state index contributed by atoms with van der Waals surface area (Å²) in [6, 6.07) is 6.64. The first-order chi connectivity index (χ1) is 12.5. The number of benzene rings is 1. The molecule has 0 aliphatic carbocycles. The average Bonchev–Trinajstić information content (AvgIpc) is 3.06. The third kappa shape index (κ3) is 4.14. The minimum atomic E-state index is 0.320. The summed E-state index contributed by atoms with van der Waals surface area (Å²) in [5.41, 5.74) is 1.23. The summed E-state index contributed by atoms with van der Waals surface area (Å²) in [6.07, 6.45) is 3.11. The van der Waals surface area contributed by atoms with E-state index in [9.17, 15) is 4.79 Å². The number of fused-ring (bicyclic) bond motifs is 1. The highest BCUT2D eigenvalue weighted by atomic mass is 16.5. The minimum absolute atomic E-state index is 0.320. The van der Waals surface area contributed by atoms with E-state index < -0.39 is 0 Å². The number of nitrogens with zero attached hydrogens (tertiary/aromatic N) is 2. The highest BCUT2D eigenvalue weighted by molar-refractivity contribution is 5.76. The van der Waals surface area contributed by atoms with Gasteiger partial charge in [-0.2, -0.15) is 0 Å². The molecule has 144 valence electrons. The zero-order chi connectivity index (χ0) is 18.7. The van der Waals surface area contributed by atoms with Crippen LogP contribution in [0, 0.1) is 11.8 Å². The Bertz CT molecular complexity index is 632. The Kier molecular flexibility index (Phi) is 6.07. The molecule has 0 spiro atoms. The van der Waals surface area contributed by atoms with Crippen LogP contribution in [0.5, 0.6) is 11.5 Å². The molecule has 2 saturated heterocycles. The molecule has 2 heterocycles. The van der Waals surface area contributed by atoms with E-state index in [1.807, 2.05) is 6.07 Å². The lowest BCUT2D eigenvalue weighted by atomic mass is 9.91. The van der Waals surface area contributed by atoms with Crippen LogP contribution in [0.15, 0.2) is 18.2 Å². The maximum absolute atomic E-state index is 12.5. The van der Waals surface area contributed by atoms with E-state index in [2.05, 4.69) is 35.8 Å². The second-order valence-corrected chi connectivity index (χ2v) is 8.03. The summed E-state index contributed by atoms with van der Waals surface area (Å²) in [6.45, 7) is 8.03. The molecule has 5 nitrogen and oxygen atoms in total. The van der Waals surface area contributed by atoms with Gasteiger partial charge in [0.05, 0.1) is 14.2 Å². The summed E-state index contributed by atoms with van der Waals surface area (Å²) in [7, 11) is 3.34. The van der Waals surface area contributed by atoms with Gasteiger partial charge in [-0.05, 0) is 48.9 Å². The van der Waals surface area contributed by atoms with E-state index in [4.69, 9.17) is 9.47 Å². The summed E-state index contributed by atoms with van der Waals surface area (Å²) >= 11 is 0. The lowest BCUT2D eigenvalue weighted by Gasteiger charge is -2.36. The highest BCUT2D eigenvalue weighted by Gasteiger charge is 2.40. The standard InChI is InChI=1S/C21H32N2O3/c1-15(2)10-21(24)23-13-17-6-5-9-22(18(17)14-23)12-16-7-8-19(25-3)20(11-16)26-4/h7-8,11,15,17-18H,5-6,9-10,12-14H2,1-4H3/t17-,18+/m1/s1.